The van der Waals surface area contributed by atoms with E-state index in [0.717, 1.165) is 44.9 Å². The van der Waals surface area contributed by atoms with Crippen molar-refractivity contribution in [1.82, 2.24) is 5.32 Å². The predicted octanol–water partition coefficient (Wildman–Crippen LogP) is 20.3. The third-order valence-corrected chi connectivity index (χ3v) is 14.9. The fourth-order valence-corrected chi connectivity index (χ4v) is 9.94. The number of carbonyl (C=O) groups excluding carboxylic acids is 1. The number of amides is 1. The van der Waals surface area contributed by atoms with Crippen molar-refractivity contribution in [3.8, 4) is 0 Å². The van der Waals surface area contributed by atoms with E-state index in [-0.39, 0.29) is 6.61 Å². The topological polar surface area (TPSA) is 89.8 Å². The minimum atomic E-state index is -1.11. The first-order valence-electron chi connectivity index (χ1n) is 32.0. The first-order valence-corrected chi connectivity index (χ1v) is 32.0. The summed E-state index contributed by atoms with van der Waals surface area (Å²) in [7, 11) is 0. The Bertz CT molecular complexity index is 1150. The number of unbranched alkanes of at least 4 members (excludes halogenated alkanes) is 45. The molecule has 0 heterocycles. The Labute approximate surface area is 444 Å². The number of aliphatic hydroxyl groups excluding tert-OH is 3. The fraction of sp³-hybridized carbons (Fsp3) is 0.864. The standard InChI is InChI=1S/C66H125NO4/c1-3-5-7-9-11-13-15-17-19-21-23-25-27-29-30-31-32-33-34-35-37-39-41-43-45-47-49-51-53-55-57-59-61-65(70)66(71)67-63(62-68)64(69)60-58-56-54-52-50-48-46-44-42-40-38-36-28-26-24-22-20-18-16-14-12-10-8-6-4-2/h23,25,29-30,50,52,58,60,63-65,68-70H,3-22,24,26-28,31-49,51,53-57,59,61-62H2,1-2H3,(H,67,71)/b25-23-,30-29-,52-50+,60-58+. The van der Waals surface area contributed by atoms with Gasteiger partial charge in [0.25, 0.3) is 0 Å². The number of hydrogen-bond donors (Lipinski definition) is 4. The molecule has 0 bridgehead atoms. The number of nitrogens with one attached hydrogen (secondary N) is 1. The van der Waals surface area contributed by atoms with E-state index < -0.39 is 24.2 Å². The third kappa shape index (κ3) is 55.9. The summed E-state index contributed by atoms with van der Waals surface area (Å²) in [6, 6.07) is -0.817. The lowest BCUT2D eigenvalue weighted by atomic mass is 10.0. The van der Waals surface area contributed by atoms with Gasteiger partial charge in [0.05, 0.1) is 18.8 Å². The van der Waals surface area contributed by atoms with Gasteiger partial charge in [0.15, 0.2) is 0 Å². The minimum Gasteiger partial charge on any atom is -0.394 e. The maximum absolute atomic E-state index is 12.6. The second-order valence-electron chi connectivity index (χ2n) is 22.0. The van der Waals surface area contributed by atoms with Gasteiger partial charge in [-0.1, -0.05) is 326 Å². The predicted molar refractivity (Wildman–Crippen MR) is 314 cm³/mol. The van der Waals surface area contributed by atoms with Crippen LogP contribution < -0.4 is 5.32 Å². The van der Waals surface area contributed by atoms with Gasteiger partial charge in [0.1, 0.15) is 6.10 Å². The van der Waals surface area contributed by atoms with Gasteiger partial charge in [-0.05, 0) is 64.2 Å². The van der Waals surface area contributed by atoms with Crippen LogP contribution in [0, 0.1) is 0 Å². The highest BCUT2D eigenvalue weighted by atomic mass is 16.3. The Balaban J connectivity index is 3.56. The van der Waals surface area contributed by atoms with Crippen LogP contribution >= 0.6 is 0 Å². The van der Waals surface area contributed by atoms with Crippen molar-refractivity contribution in [3.05, 3.63) is 48.6 Å². The Hall–Kier alpha value is -1.69. The monoisotopic (exact) mass is 996 g/mol. The Morgan fingerprint density at radius 3 is 0.944 bits per heavy atom. The van der Waals surface area contributed by atoms with E-state index >= 15 is 0 Å². The third-order valence-electron chi connectivity index (χ3n) is 14.9. The lowest BCUT2D eigenvalue weighted by Crippen LogP contribution is -2.48. The van der Waals surface area contributed by atoms with Crippen LogP contribution in [0.3, 0.4) is 0 Å². The van der Waals surface area contributed by atoms with Crippen molar-refractivity contribution in [1.29, 1.82) is 0 Å². The summed E-state index contributed by atoms with van der Waals surface area (Å²) in [5, 5.41) is 33.4. The molecule has 3 unspecified atom stereocenters. The Kier molecular flexibility index (Phi) is 59.4. The van der Waals surface area contributed by atoms with Gasteiger partial charge in [-0.2, -0.15) is 0 Å². The highest BCUT2D eigenvalue weighted by molar-refractivity contribution is 5.80. The number of aliphatic hydroxyl groups is 3. The molecular weight excluding hydrogens is 871 g/mol. The van der Waals surface area contributed by atoms with Crippen LogP contribution in [0.2, 0.25) is 0 Å². The summed E-state index contributed by atoms with van der Waals surface area (Å²) < 4.78 is 0. The zero-order valence-corrected chi connectivity index (χ0v) is 47.9. The molecule has 4 N–H and O–H groups in total. The van der Waals surface area contributed by atoms with Crippen LogP contribution in [0.4, 0.5) is 0 Å². The summed E-state index contributed by atoms with van der Waals surface area (Å²) in [5.41, 5.74) is 0. The highest BCUT2D eigenvalue weighted by Crippen LogP contribution is 2.18. The molecule has 0 aliphatic heterocycles. The van der Waals surface area contributed by atoms with E-state index in [1.165, 1.54) is 276 Å². The molecule has 0 saturated carbocycles. The largest absolute Gasteiger partial charge is 0.394 e. The van der Waals surface area contributed by atoms with Crippen LogP contribution in [-0.2, 0) is 4.79 Å². The first-order chi connectivity index (χ1) is 35.1. The van der Waals surface area contributed by atoms with Gasteiger partial charge in [0, 0.05) is 0 Å². The summed E-state index contributed by atoms with van der Waals surface area (Å²) >= 11 is 0. The van der Waals surface area contributed by atoms with Crippen LogP contribution in [0.25, 0.3) is 0 Å². The molecule has 0 fully saturated rings. The van der Waals surface area contributed by atoms with Crippen LogP contribution in [0.5, 0.6) is 0 Å². The Morgan fingerprint density at radius 2 is 0.620 bits per heavy atom. The number of rotatable bonds is 59. The molecule has 0 aromatic carbocycles. The van der Waals surface area contributed by atoms with Gasteiger partial charge in [-0.3, -0.25) is 4.79 Å². The summed E-state index contributed by atoms with van der Waals surface area (Å²) in [6.45, 7) is 4.21. The molecule has 0 aromatic rings. The van der Waals surface area contributed by atoms with Crippen molar-refractivity contribution in [2.45, 2.75) is 360 Å². The molecular formula is C66H125NO4. The number of hydrogen-bond acceptors (Lipinski definition) is 4. The summed E-state index contributed by atoms with van der Waals surface area (Å²) in [5.74, 6) is -0.508. The lowest BCUT2D eigenvalue weighted by Gasteiger charge is -2.21. The second kappa shape index (κ2) is 60.9. The molecule has 0 spiro atoms. The van der Waals surface area contributed by atoms with Crippen LogP contribution in [0.1, 0.15) is 341 Å². The quantitative estimate of drug-likeness (QED) is 0.0361. The zero-order valence-electron chi connectivity index (χ0n) is 47.9. The SMILES string of the molecule is CCCCCCCCCCC/C=C\C/C=C\CCCCCCCCCCCCCCCCCCC(O)C(=O)NC(CO)C(O)/C=C/CC/C=C/CCCCCCCCCCCCCCCCCCCCC. The van der Waals surface area contributed by atoms with E-state index in [9.17, 15) is 20.1 Å². The van der Waals surface area contributed by atoms with Gasteiger partial charge in [-0.25, -0.2) is 0 Å². The maximum atomic E-state index is 12.6. The molecule has 1 amide bonds. The van der Waals surface area contributed by atoms with Crippen molar-refractivity contribution in [2.75, 3.05) is 6.61 Å². The number of carbonyl (C=O) groups is 1. The highest BCUT2D eigenvalue weighted by Gasteiger charge is 2.22. The van der Waals surface area contributed by atoms with E-state index in [0.29, 0.717) is 6.42 Å². The van der Waals surface area contributed by atoms with Gasteiger partial charge in [0.2, 0.25) is 5.91 Å². The van der Waals surface area contributed by atoms with E-state index in [1.54, 1.807) is 6.08 Å². The maximum Gasteiger partial charge on any atom is 0.249 e. The first kappa shape index (κ1) is 69.3. The van der Waals surface area contributed by atoms with Crippen molar-refractivity contribution < 1.29 is 20.1 Å². The smallest absolute Gasteiger partial charge is 0.249 e. The molecule has 0 rings (SSSR count). The van der Waals surface area contributed by atoms with Gasteiger partial charge >= 0.3 is 0 Å². The summed E-state index contributed by atoms with van der Waals surface area (Å²) in [4.78, 5) is 12.6. The molecule has 0 radical (unpaired) electrons. The molecule has 0 saturated heterocycles. The normalized spacial score (nSPS) is 13.5. The molecule has 5 nitrogen and oxygen atoms in total. The van der Waals surface area contributed by atoms with Gasteiger partial charge in [-0.15, -0.1) is 0 Å². The Morgan fingerprint density at radius 1 is 0.352 bits per heavy atom. The van der Waals surface area contributed by atoms with Crippen molar-refractivity contribution in [3.63, 3.8) is 0 Å². The lowest BCUT2D eigenvalue weighted by molar-refractivity contribution is -0.131. The van der Waals surface area contributed by atoms with Gasteiger partial charge < -0.3 is 20.6 Å². The second-order valence-corrected chi connectivity index (χ2v) is 22.0. The molecule has 3 atom stereocenters. The van der Waals surface area contributed by atoms with Crippen LogP contribution in [0.15, 0.2) is 48.6 Å². The minimum absolute atomic E-state index is 0.375. The van der Waals surface area contributed by atoms with Crippen molar-refractivity contribution in [2.24, 2.45) is 0 Å². The zero-order chi connectivity index (χ0) is 51.4. The molecule has 0 aromatic heterocycles. The fourth-order valence-electron chi connectivity index (χ4n) is 9.94. The molecule has 418 valence electrons. The van der Waals surface area contributed by atoms with E-state index in [4.69, 9.17) is 0 Å². The van der Waals surface area contributed by atoms with Crippen LogP contribution in [-0.4, -0.2) is 46.1 Å². The average molecular weight is 997 g/mol. The van der Waals surface area contributed by atoms with E-state index in [2.05, 4.69) is 55.6 Å². The van der Waals surface area contributed by atoms with E-state index in [1.807, 2.05) is 6.08 Å². The molecule has 0 aliphatic rings. The molecule has 0 aliphatic carbocycles. The summed E-state index contributed by atoms with van der Waals surface area (Å²) in [6.07, 6.45) is 82.2. The molecule has 71 heavy (non-hydrogen) atoms. The molecule has 5 heteroatoms. The van der Waals surface area contributed by atoms with Crippen molar-refractivity contribution >= 4 is 5.91 Å². The number of allylic oxidation sites excluding steroid dienone is 7. The average Bonchev–Trinajstić information content (AvgIpc) is 3.38.